The molecule has 0 atom stereocenters. The Labute approximate surface area is 890 Å². The molecule has 15 aromatic heterocycles. The number of anilines is 4. The Morgan fingerprint density at radius 2 is 0.730 bits per heavy atom. The lowest BCUT2D eigenvalue weighted by atomic mass is 9.89. The van der Waals surface area contributed by atoms with E-state index in [1.54, 1.807) is 37.0 Å². The number of benzene rings is 2. The van der Waals surface area contributed by atoms with Crippen molar-refractivity contribution in [3.8, 4) is 73.2 Å². The molecule has 3 aliphatic rings. The molecule has 0 saturated heterocycles. The summed E-state index contributed by atoms with van der Waals surface area (Å²) in [6.45, 7) is 46.5. The number of methoxy groups -OCH3 is 1. The van der Waals surface area contributed by atoms with E-state index < -0.39 is 39.9 Å². The zero-order valence-corrected chi connectivity index (χ0v) is 94.3. The molecular formula is C116H126N12O13S7. The van der Waals surface area contributed by atoms with Gasteiger partial charge in [0.25, 0.3) is 0 Å². The van der Waals surface area contributed by atoms with E-state index in [4.69, 9.17) is 90.4 Å². The molecule has 3 aliphatic carbocycles. The number of nitrogen functional groups attached to an aromatic ring is 4. The summed E-state index contributed by atoms with van der Waals surface area (Å²) in [6.07, 6.45) is 16.3. The van der Waals surface area contributed by atoms with Crippen LogP contribution in [0, 0.1) is 64.2 Å². The molecule has 148 heavy (non-hydrogen) atoms. The minimum absolute atomic E-state index is 0.309. The molecule has 2 aromatic carbocycles. The van der Waals surface area contributed by atoms with Crippen molar-refractivity contribution in [2.45, 2.75) is 278 Å². The largest absolute Gasteiger partial charge is 0.497 e. The molecule has 32 heteroatoms. The monoisotopic (exact) mass is 2120 g/mol. The number of fused-ring (bicyclic) bond motifs is 9. The predicted octanol–water partition coefficient (Wildman–Crippen LogP) is 29.6. The molecule has 0 bridgehead atoms. The van der Waals surface area contributed by atoms with E-state index >= 15 is 0 Å². The van der Waals surface area contributed by atoms with Gasteiger partial charge < -0.3 is 60.2 Å². The van der Waals surface area contributed by atoms with Gasteiger partial charge in [0.05, 0.1) is 53.9 Å². The van der Waals surface area contributed by atoms with Crippen molar-refractivity contribution < 1.29 is 61.2 Å². The summed E-state index contributed by atoms with van der Waals surface area (Å²) in [4.78, 5) is 101. The Hall–Kier alpha value is -13.3. The van der Waals surface area contributed by atoms with Gasteiger partial charge in [0.15, 0.2) is 0 Å². The van der Waals surface area contributed by atoms with E-state index in [1.807, 2.05) is 204 Å². The van der Waals surface area contributed by atoms with Crippen LogP contribution < -0.4 is 27.7 Å². The molecule has 25 nitrogen and oxygen atoms in total. The van der Waals surface area contributed by atoms with Crippen LogP contribution in [0.5, 0.6) is 5.75 Å². The molecule has 20 rings (SSSR count). The number of carbonyl (C=O) groups is 5. The Morgan fingerprint density at radius 3 is 1.09 bits per heavy atom. The Bertz CT molecular complexity index is 7920. The van der Waals surface area contributed by atoms with Gasteiger partial charge >= 0.3 is 29.8 Å². The van der Waals surface area contributed by atoms with Crippen molar-refractivity contribution in [2.24, 2.45) is 0 Å². The third kappa shape index (κ3) is 23.1. The molecule has 0 fully saturated rings. The molecule has 0 unspecified atom stereocenters. The number of ether oxygens (including phenoxy) is 6. The highest BCUT2D eigenvalue weighted by Gasteiger charge is 2.37. The molecule has 0 saturated carbocycles. The van der Waals surface area contributed by atoms with Crippen LogP contribution in [0.1, 0.15) is 294 Å². The second-order valence-electron chi connectivity index (χ2n) is 41.7. The fourth-order valence-electron chi connectivity index (χ4n) is 19.2. The highest BCUT2D eigenvalue weighted by molar-refractivity contribution is 7.23. The molecule has 0 radical (unpaired) electrons. The number of thiophene rings is 7. The summed E-state index contributed by atoms with van der Waals surface area (Å²) in [6, 6.07) is 31.3. The van der Waals surface area contributed by atoms with Gasteiger partial charge in [-0.1, -0.05) is 62.4 Å². The molecule has 0 spiro atoms. The van der Waals surface area contributed by atoms with Crippen molar-refractivity contribution in [2.75, 3.05) is 30.0 Å². The van der Waals surface area contributed by atoms with E-state index in [0.29, 0.717) is 57.6 Å². The first-order valence-electron chi connectivity index (χ1n) is 49.5. The highest BCUT2D eigenvalue weighted by atomic mass is 32.1. The number of rotatable bonds is 14. The normalized spacial score (nSPS) is 12.8. The van der Waals surface area contributed by atoms with Gasteiger partial charge in [0.2, 0.25) is 0 Å². The van der Waals surface area contributed by atoms with Gasteiger partial charge in [-0.25, -0.2) is 53.9 Å². The number of aromatic nitrogens is 6. The van der Waals surface area contributed by atoms with Crippen LogP contribution in [0.25, 0.3) is 117 Å². The van der Waals surface area contributed by atoms with E-state index in [2.05, 4.69) is 63.2 Å². The Kier molecular flexibility index (Phi) is 32.3. The number of esters is 5. The smallest absolute Gasteiger partial charge is 0.351 e. The van der Waals surface area contributed by atoms with Crippen LogP contribution >= 0.6 is 79.4 Å². The summed E-state index contributed by atoms with van der Waals surface area (Å²) in [5, 5.41) is 26.6. The summed E-state index contributed by atoms with van der Waals surface area (Å²) >= 11 is 9.81. The first-order chi connectivity index (χ1) is 70.0. The minimum atomic E-state index is -0.591. The number of furan rings is 2. The lowest BCUT2D eigenvalue weighted by molar-refractivity contribution is 0.00634. The molecule has 0 aliphatic heterocycles. The Morgan fingerprint density at radius 1 is 0.378 bits per heavy atom. The number of hydrogen-bond donors (Lipinski definition) is 4. The SMILES string of the molecule is CC(C)(C)OC(=O)c1sc2nc3c(c(-c4ccco4)c2c1N)CCC3.CC(C)(C)OC(=O)c1sc2nc3c(c(-c4ccco4)c2c1N)CCCC3.CC(C)(C)OC(=O)c1sc2nc3c(c(-c4cccs4)c2c1N)CCC3.CCc1c(C)nc2sc(C(=O)OC(C)(C)C)c(-c3ccc(OC)cc3)c2c1C.CCc1c(C)nc2sc(C(=O)OC(C)(C)C)c(-c3cccc(C#N)c3)c2c1C.CCc1c(C)nc2sc(N)c(C#N)c2c1C. The average Bonchev–Trinajstić information content (AvgIpc) is 1.59. The molecule has 770 valence electrons. The van der Waals surface area contributed by atoms with Gasteiger partial charge in [-0.2, -0.15) is 10.5 Å². The number of nitrogens with zero attached hydrogens (tertiary/aromatic N) is 8. The highest BCUT2D eigenvalue weighted by Crippen LogP contribution is 2.52. The van der Waals surface area contributed by atoms with Gasteiger partial charge in [0, 0.05) is 99.2 Å². The van der Waals surface area contributed by atoms with E-state index in [0.717, 1.165) is 246 Å². The zero-order valence-electron chi connectivity index (χ0n) is 88.6. The number of pyridine rings is 6. The first-order valence-corrected chi connectivity index (χ1v) is 55.3. The van der Waals surface area contributed by atoms with Crippen LogP contribution in [0.4, 0.5) is 22.1 Å². The van der Waals surface area contributed by atoms with Crippen molar-refractivity contribution >= 4 is 193 Å². The predicted molar refractivity (Wildman–Crippen MR) is 604 cm³/mol. The third-order valence-electron chi connectivity index (χ3n) is 25.3. The van der Waals surface area contributed by atoms with Crippen molar-refractivity contribution in [1.82, 2.24) is 29.9 Å². The van der Waals surface area contributed by atoms with Crippen molar-refractivity contribution in [3.05, 3.63) is 223 Å². The van der Waals surface area contributed by atoms with Crippen LogP contribution in [-0.2, 0) is 81.5 Å². The molecule has 0 amide bonds. The van der Waals surface area contributed by atoms with Gasteiger partial charge in [-0.3, -0.25) is 0 Å². The topological polar surface area (TPSA) is 396 Å². The van der Waals surface area contributed by atoms with Gasteiger partial charge in [-0.05, 0) is 350 Å². The quantitative estimate of drug-likeness (QED) is 0.0580. The fourth-order valence-corrected chi connectivity index (χ4v) is 26.4. The maximum atomic E-state index is 13.0. The van der Waals surface area contributed by atoms with E-state index in [-0.39, 0.29) is 17.9 Å². The Balaban J connectivity index is 0.000000134. The molecular weight excluding hydrogens is 1990 g/mol. The minimum Gasteiger partial charge on any atom is -0.497 e. The van der Waals surface area contributed by atoms with E-state index in [9.17, 15) is 29.2 Å². The van der Waals surface area contributed by atoms with Crippen molar-refractivity contribution in [1.29, 1.82) is 10.5 Å². The number of nitrogens with two attached hydrogens (primary N) is 4. The standard InChI is InChI=1S/C23H24N2O2S.C23H27NO3S.C20H22N2O3S.C19H20N2O3S.C19H20N2O2S2.C12H13N3S/c1-7-17-13(2)18-19(16-10-8-9-15(11-16)12-24)20(22(26)27-23(4,5)6)28-21(18)25-14(17)3;1-8-17-13(2)18-19(15-9-11-16(26-7)12-10-15)20(22(25)27-23(4,5)6)28-21(18)24-14(17)3;1-20(2,3)25-19(23)17-16(21)15-14(13-9-6-10-24-13)11-7-4-5-8-12(11)22-18(15)26-17;1-19(2,3)24-18(22)16-15(20)14-13(12-8-5-9-23-12)10-6-4-7-11(10)21-17(14)25-16;1-19(2,3)23-18(22)16-15(20)14-13(12-8-5-9-24-12)10-6-4-7-11(10)21-17(14)25-16;1-4-8-6(2)10-9(5-13)11(14)16-12(10)15-7(8)3/h8-11H,7H2,1-6H3;9-12H,8H2,1-7H3;6,9-10H,4-5,7-8,21H2,1-3H3;2*5,8-9H,4,6-7,20H2,1-3H3;4,14H2,1-3H3. The van der Waals surface area contributed by atoms with Crippen LogP contribution in [0.15, 0.2) is 112 Å². The van der Waals surface area contributed by atoms with Gasteiger partial charge in [0.1, 0.15) is 110 Å². The maximum Gasteiger partial charge on any atom is 0.351 e. The number of aryl methyl sites for hydroxylation is 9. The number of carbonyl (C=O) groups excluding carboxylic acids is 5. The summed E-state index contributed by atoms with van der Waals surface area (Å²) in [7, 11) is 1.64. The van der Waals surface area contributed by atoms with Crippen LogP contribution in [-0.4, -0.2) is 94.9 Å². The van der Waals surface area contributed by atoms with E-state index in [1.165, 1.54) is 112 Å². The zero-order chi connectivity index (χ0) is 107. The molecule has 15 heterocycles. The number of nitriles is 2. The first kappa shape index (κ1) is 109. The van der Waals surface area contributed by atoms with Crippen LogP contribution in [0.3, 0.4) is 0 Å². The summed E-state index contributed by atoms with van der Waals surface area (Å²) in [5.74, 6) is 0.480. The number of hydrogen-bond acceptors (Lipinski definition) is 32. The molecule has 17 aromatic rings. The lowest BCUT2D eigenvalue weighted by Crippen LogP contribution is -2.23. The second kappa shape index (κ2) is 43.8. The van der Waals surface area contributed by atoms with Crippen molar-refractivity contribution in [3.63, 3.8) is 0 Å². The van der Waals surface area contributed by atoms with Gasteiger partial charge in [-0.15, -0.1) is 68.0 Å². The second-order valence-corrected chi connectivity index (χ2v) is 48.6. The maximum absolute atomic E-state index is 13.0. The van der Waals surface area contributed by atoms with Crippen LogP contribution in [0.2, 0.25) is 0 Å². The third-order valence-corrected chi connectivity index (χ3v) is 32.5. The lowest BCUT2D eigenvalue weighted by Gasteiger charge is -2.19. The summed E-state index contributed by atoms with van der Waals surface area (Å²) in [5.41, 5.74) is 48.5. The fraction of sp³-hybridized carbons (Fsp3) is 0.371. The molecule has 8 N–H and O–H groups in total. The average molecular weight is 2120 g/mol. The summed E-state index contributed by atoms with van der Waals surface area (Å²) < 4.78 is 44.6.